The van der Waals surface area contributed by atoms with E-state index in [1.165, 1.54) is 12.1 Å². The van der Waals surface area contributed by atoms with Gasteiger partial charge in [0, 0.05) is 5.33 Å². The normalized spacial score (nSPS) is 10.3. The van der Waals surface area contributed by atoms with Gasteiger partial charge in [0.15, 0.2) is 0 Å². The van der Waals surface area contributed by atoms with Gasteiger partial charge in [0.05, 0.1) is 4.47 Å². The second-order valence-electron chi connectivity index (χ2n) is 3.45. The van der Waals surface area contributed by atoms with Crippen LogP contribution in [-0.4, -0.2) is 0 Å². The fourth-order valence-corrected chi connectivity index (χ4v) is 2.20. The van der Waals surface area contributed by atoms with Crippen molar-refractivity contribution in [3.8, 4) is 11.5 Å². The van der Waals surface area contributed by atoms with Crippen LogP contribution in [0.3, 0.4) is 0 Å². The van der Waals surface area contributed by atoms with Crippen LogP contribution < -0.4 is 4.74 Å². The van der Waals surface area contributed by atoms with Crippen molar-refractivity contribution in [2.24, 2.45) is 0 Å². The first kappa shape index (κ1) is 12.6. The summed E-state index contributed by atoms with van der Waals surface area (Å²) in [5, 5.41) is 0.794. The minimum absolute atomic E-state index is 0.272. The van der Waals surface area contributed by atoms with Gasteiger partial charge in [0.25, 0.3) is 0 Å². The Morgan fingerprint density at radius 2 is 1.76 bits per heavy atom. The lowest BCUT2D eigenvalue weighted by molar-refractivity contribution is 0.477. The van der Waals surface area contributed by atoms with Crippen LogP contribution in [0.1, 0.15) is 5.56 Å². The van der Waals surface area contributed by atoms with Crippen molar-refractivity contribution in [2.75, 3.05) is 0 Å². The van der Waals surface area contributed by atoms with Crippen LogP contribution in [0.5, 0.6) is 11.5 Å². The molecule has 0 aliphatic heterocycles. The zero-order valence-corrected chi connectivity index (χ0v) is 12.0. The van der Waals surface area contributed by atoms with Crippen molar-refractivity contribution >= 4 is 31.9 Å². The van der Waals surface area contributed by atoms with E-state index < -0.39 is 0 Å². The van der Waals surface area contributed by atoms with E-state index in [1.807, 2.05) is 18.2 Å². The smallest absolute Gasteiger partial charge is 0.141 e. The molecule has 1 nitrogen and oxygen atoms in total. The summed E-state index contributed by atoms with van der Waals surface area (Å²) in [4.78, 5) is 0. The Morgan fingerprint density at radius 1 is 1.06 bits per heavy atom. The topological polar surface area (TPSA) is 9.23 Å². The summed E-state index contributed by atoms with van der Waals surface area (Å²) in [6, 6.07) is 11.8. The highest BCUT2D eigenvalue weighted by atomic mass is 79.9. The highest BCUT2D eigenvalue weighted by Gasteiger charge is 2.04. The summed E-state index contributed by atoms with van der Waals surface area (Å²) in [5.74, 6) is 1.05. The molecule has 2 aromatic carbocycles. The molecule has 0 aliphatic carbocycles. The monoisotopic (exact) mass is 358 g/mol. The Bertz CT molecular complexity index is 511. The Balaban J connectivity index is 2.21. The number of ether oxygens (including phenoxy) is 1. The van der Waals surface area contributed by atoms with Crippen molar-refractivity contribution in [3.05, 3.63) is 58.3 Å². The predicted octanol–water partition coefficient (Wildman–Crippen LogP) is 5.28. The van der Waals surface area contributed by atoms with E-state index in [1.54, 1.807) is 12.1 Å². The van der Waals surface area contributed by atoms with Gasteiger partial charge in [-0.15, -0.1) is 0 Å². The van der Waals surface area contributed by atoms with Gasteiger partial charge in [-0.1, -0.05) is 22.0 Å². The molecule has 0 radical (unpaired) electrons. The molecule has 0 atom stereocenters. The first-order chi connectivity index (χ1) is 8.19. The molecule has 0 aliphatic rings. The number of rotatable bonds is 3. The SMILES string of the molecule is Fc1ccc(Oc2ccc(CBr)cc2Br)cc1. The lowest BCUT2D eigenvalue weighted by Gasteiger charge is -2.08. The molecule has 0 spiro atoms. The molecular weight excluding hydrogens is 351 g/mol. The van der Waals surface area contributed by atoms with Crippen molar-refractivity contribution in [3.63, 3.8) is 0 Å². The third kappa shape index (κ3) is 3.30. The van der Waals surface area contributed by atoms with Gasteiger partial charge in [-0.2, -0.15) is 0 Å². The minimum atomic E-state index is -0.272. The van der Waals surface area contributed by atoms with Gasteiger partial charge in [-0.05, 0) is 57.9 Å². The van der Waals surface area contributed by atoms with Crippen LogP contribution in [0.4, 0.5) is 4.39 Å². The maximum absolute atomic E-state index is 12.7. The summed E-state index contributed by atoms with van der Waals surface area (Å²) in [5.41, 5.74) is 1.16. The van der Waals surface area contributed by atoms with Gasteiger partial charge < -0.3 is 4.74 Å². The van der Waals surface area contributed by atoms with Gasteiger partial charge in [-0.25, -0.2) is 4.39 Å². The fraction of sp³-hybridized carbons (Fsp3) is 0.0769. The van der Waals surface area contributed by atoms with E-state index >= 15 is 0 Å². The Labute approximate surface area is 116 Å². The van der Waals surface area contributed by atoms with E-state index in [9.17, 15) is 4.39 Å². The van der Waals surface area contributed by atoms with E-state index in [0.29, 0.717) is 11.5 Å². The average molecular weight is 360 g/mol. The summed E-state index contributed by atoms with van der Waals surface area (Å²) < 4.78 is 19.2. The Morgan fingerprint density at radius 3 is 2.35 bits per heavy atom. The second-order valence-corrected chi connectivity index (χ2v) is 4.87. The van der Waals surface area contributed by atoms with Crippen LogP contribution in [0.2, 0.25) is 0 Å². The molecule has 17 heavy (non-hydrogen) atoms. The van der Waals surface area contributed by atoms with Gasteiger partial charge in [0.1, 0.15) is 17.3 Å². The van der Waals surface area contributed by atoms with Crippen LogP contribution in [0.25, 0.3) is 0 Å². The van der Waals surface area contributed by atoms with E-state index in [-0.39, 0.29) is 5.82 Å². The Hall–Kier alpha value is -0.870. The largest absolute Gasteiger partial charge is 0.456 e. The third-order valence-electron chi connectivity index (χ3n) is 2.19. The third-order valence-corrected chi connectivity index (χ3v) is 3.46. The lowest BCUT2D eigenvalue weighted by atomic mass is 10.2. The van der Waals surface area contributed by atoms with E-state index in [4.69, 9.17) is 4.74 Å². The summed E-state index contributed by atoms with van der Waals surface area (Å²) in [7, 11) is 0. The summed E-state index contributed by atoms with van der Waals surface area (Å²) >= 11 is 6.83. The molecule has 0 N–H and O–H groups in total. The maximum Gasteiger partial charge on any atom is 0.141 e. The summed E-state index contributed by atoms with van der Waals surface area (Å²) in [6.45, 7) is 0. The van der Waals surface area contributed by atoms with Gasteiger partial charge in [0.2, 0.25) is 0 Å². The minimum Gasteiger partial charge on any atom is -0.456 e. The van der Waals surface area contributed by atoms with Crippen molar-refractivity contribution < 1.29 is 9.13 Å². The molecule has 2 rings (SSSR count). The highest BCUT2D eigenvalue weighted by molar-refractivity contribution is 9.10. The Kier molecular flexibility index (Phi) is 4.18. The quantitative estimate of drug-likeness (QED) is 0.678. The predicted molar refractivity (Wildman–Crippen MR) is 73.2 cm³/mol. The van der Waals surface area contributed by atoms with Crippen LogP contribution in [0, 0.1) is 5.82 Å². The van der Waals surface area contributed by atoms with Crippen LogP contribution in [0.15, 0.2) is 46.9 Å². The highest BCUT2D eigenvalue weighted by Crippen LogP contribution is 2.31. The number of halogens is 3. The molecular formula is C13H9Br2FO. The standard InChI is InChI=1S/C13H9Br2FO/c14-8-9-1-6-13(12(15)7-9)17-11-4-2-10(16)3-5-11/h1-7H,8H2. The van der Waals surface area contributed by atoms with Gasteiger partial charge >= 0.3 is 0 Å². The second kappa shape index (κ2) is 5.65. The molecule has 88 valence electrons. The number of hydrogen-bond acceptors (Lipinski definition) is 1. The molecule has 0 saturated carbocycles. The molecule has 0 fully saturated rings. The van der Waals surface area contributed by atoms with E-state index in [2.05, 4.69) is 31.9 Å². The number of alkyl halides is 1. The van der Waals surface area contributed by atoms with Crippen molar-refractivity contribution in [2.45, 2.75) is 5.33 Å². The molecule has 0 amide bonds. The number of hydrogen-bond donors (Lipinski definition) is 0. The zero-order chi connectivity index (χ0) is 12.3. The maximum atomic E-state index is 12.7. The average Bonchev–Trinajstić information content (AvgIpc) is 2.34. The molecule has 0 bridgehead atoms. The lowest BCUT2D eigenvalue weighted by Crippen LogP contribution is -1.87. The van der Waals surface area contributed by atoms with Crippen molar-refractivity contribution in [1.82, 2.24) is 0 Å². The van der Waals surface area contributed by atoms with Crippen molar-refractivity contribution in [1.29, 1.82) is 0 Å². The van der Waals surface area contributed by atoms with Crippen LogP contribution >= 0.6 is 31.9 Å². The molecule has 0 unspecified atom stereocenters. The first-order valence-electron chi connectivity index (χ1n) is 4.97. The molecule has 0 aromatic heterocycles. The molecule has 2 aromatic rings. The molecule has 0 heterocycles. The van der Waals surface area contributed by atoms with Crippen LogP contribution in [-0.2, 0) is 5.33 Å². The number of benzene rings is 2. The van der Waals surface area contributed by atoms with E-state index in [0.717, 1.165) is 15.4 Å². The first-order valence-corrected chi connectivity index (χ1v) is 6.88. The fourth-order valence-electron chi connectivity index (χ4n) is 1.34. The summed E-state index contributed by atoms with van der Waals surface area (Å²) in [6.07, 6.45) is 0. The zero-order valence-electron chi connectivity index (χ0n) is 8.79. The molecule has 0 saturated heterocycles. The van der Waals surface area contributed by atoms with Gasteiger partial charge in [-0.3, -0.25) is 0 Å². The molecule has 4 heteroatoms.